The van der Waals surface area contributed by atoms with Crippen molar-refractivity contribution in [3.8, 4) is 0 Å². The van der Waals surface area contributed by atoms with Gasteiger partial charge in [-0.1, -0.05) is 13.8 Å². The van der Waals surface area contributed by atoms with Crippen molar-refractivity contribution in [1.29, 1.82) is 0 Å². The molecule has 0 aromatic carbocycles. The van der Waals surface area contributed by atoms with Crippen molar-refractivity contribution in [3.63, 3.8) is 0 Å². The number of rotatable bonds is 4. The van der Waals surface area contributed by atoms with Crippen LogP contribution in [0.3, 0.4) is 0 Å². The third-order valence-electron chi connectivity index (χ3n) is 2.84. The largest absolute Gasteiger partial charge is 0.378 e. The van der Waals surface area contributed by atoms with Gasteiger partial charge in [0.25, 0.3) is 0 Å². The summed E-state index contributed by atoms with van der Waals surface area (Å²) in [7, 11) is 0. The Hall–Kier alpha value is -1.36. The monoisotopic (exact) mass is 250 g/mol. The number of nitrogens with zero attached hydrogens (tertiary/aromatic N) is 3. The van der Waals surface area contributed by atoms with E-state index in [4.69, 9.17) is 4.74 Å². The molecule has 5 nitrogen and oxygen atoms in total. The average Bonchev–Trinajstić information content (AvgIpc) is 2.37. The molecule has 1 fully saturated rings. The summed E-state index contributed by atoms with van der Waals surface area (Å²) in [5.41, 5.74) is 0.998. The number of hydrogen-bond acceptors (Lipinski definition) is 5. The maximum absolute atomic E-state index is 5.36. The van der Waals surface area contributed by atoms with Crippen molar-refractivity contribution in [2.75, 3.05) is 43.1 Å². The van der Waals surface area contributed by atoms with E-state index in [2.05, 4.69) is 34.0 Å². The minimum absolute atomic E-state index is 0.584. The summed E-state index contributed by atoms with van der Waals surface area (Å²) >= 11 is 0. The number of hydrogen-bond donors (Lipinski definition) is 1. The molecule has 1 aliphatic rings. The third-order valence-corrected chi connectivity index (χ3v) is 2.84. The summed E-state index contributed by atoms with van der Waals surface area (Å²) < 4.78 is 5.36. The smallest absolute Gasteiger partial charge is 0.224 e. The quantitative estimate of drug-likeness (QED) is 0.881. The summed E-state index contributed by atoms with van der Waals surface area (Å²) in [5.74, 6) is 2.31. The Morgan fingerprint density at radius 2 is 2.06 bits per heavy atom. The number of aromatic nitrogens is 2. The molecule has 1 saturated heterocycles. The minimum atomic E-state index is 0.584. The van der Waals surface area contributed by atoms with Gasteiger partial charge >= 0.3 is 0 Å². The van der Waals surface area contributed by atoms with Crippen LogP contribution in [0.15, 0.2) is 6.07 Å². The summed E-state index contributed by atoms with van der Waals surface area (Å²) in [4.78, 5) is 11.2. The van der Waals surface area contributed by atoms with E-state index >= 15 is 0 Å². The molecular formula is C13H22N4O. The van der Waals surface area contributed by atoms with Gasteiger partial charge in [0.1, 0.15) is 5.82 Å². The third kappa shape index (κ3) is 3.57. The van der Waals surface area contributed by atoms with Crippen molar-refractivity contribution in [2.45, 2.75) is 20.8 Å². The first-order chi connectivity index (χ1) is 8.65. The molecule has 100 valence electrons. The molecule has 0 atom stereocenters. The first kappa shape index (κ1) is 13.1. The van der Waals surface area contributed by atoms with E-state index in [-0.39, 0.29) is 0 Å². The Morgan fingerprint density at radius 1 is 1.33 bits per heavy atom. The second-order valence-corrected chi connectivity index (χ2v) is 5.07. The SMILES string of the molecule is Cc1cc(N2CCOCC2)nc(NCC(C)C)n1. The average molecular weight is 250 g/mol. The maximum Gasteiger partial charge on any atom is 0.224 e. The molecule has 0 aliphatic carbocycles. The summed E-state index contributed by atoms with van der Waals surface area (Å²) in [6, 6.07) is 2.03. The van der Waals surface area contributed by atoms with Gasteiger partial charge in [0.2, 0.25) is 5.95 Å². The van der Waals surface area contributed by atoms with E-state index in [1.165, 1.54) is 0 Å². The fourth-order valence-electron chi connectivity index (χ4n) is 1.88. The van der Waals surface area contributed by atoms with E-state index in [1.54, 1.807) is 0 Å². The number of aryl methyl sites for hydroxylation is 1. The lowest BCUT2D eigenvalue weighted by molar-refractivity contribution is 0.122. The highest BCUT2D eigenvalue weighted by Gasteiger charge is 2.14. The first-order valence-corrected chi connectivity index (χ1v) is 6.57. The van der Waals surface area contributed by atoms with Crippen LogP contribution in [0.4, 0.5) is 11.8 Å². The Labute approximate surface area is 109 Å². The highest BCUT2D eigenvalue weighted by molar-refractivity contribution is 5.45. The highest BCUT2D eigenvalue weighted by atomic mass is 16.5. The van der Waals surface area contributed by atoms with E-state index < -0.39 is 0 Å². The van der Waals surface area contributed by atoms with Gasteiger partial charge in [-0.3, -0.25) is 0 Å². The molecule has 2 heterocycles. The molecule has 0 bridgehead atoms. The lowest BCUT2D eigenvalue weighted by Gasteiger charge is -2.28. The fourth-order valence-corrected chi connectivity index (χ4v) is 1.88. The predicted molar refractivity (Wildman–Crippen MR) is 73.1 cm³/mol. The van der Waals surface area contributed by atoms with Crippen LogP contribution in [-0.2, 0) is 4.74 Å². The van der Waals surface area contributed by atoms with Gasteiger partial charge in [0, 0.05) is 31.4 Å². The van der Waals surface area contributed by atoms with Gasteiger partial charge in [-0.2, -0.15) is 4.98 Å². The van der Waals surface area contributed by atoms with Crippen molar-refractivity contribution in [1.82, 2.24) is 9.97 Å². The van der Waals surface area contributed by atoms with Crippen LogP contribution >= 0.6 is 0 Å². The molecular weight excluding hydrogens is 228 g/mol. The van der Waals surface area contributed by atoms with Crippen LogP contribution < -0.4 is 10.2 Å². The van der Waals surface area contributed by atoms with Gasteiger partial charge in [0.15, 0.2) is 0 Å². The number of nitrogens with one attached hydrogen (secondary N) is 1. The molecule has 2 rings (SSSR count). The molecule has 1 N–H and O–H groups in total. The standard InChI is InChI=1S/C13H22N4O/c1-10(2)9-14-13-15-11(3)8-12(16-13)17-4-6-18-7-5-17/h8,10H,4-7,9H2,1-3H3,(H,14,15,16). The number of anilines is 2. The van der Waals surface area contributed by atoms with Gasteiger partial charge in [0.05, 0.1) is 13.2 Å². The molecule has 0 amide bonds. The van der Waals surface area contributed by atoms with Gasteiger partial charge in [-0.15, -0.1) is 0 Å². The fraction of sp³-hybridized carbons (Fsp3) is 0.692. The van der Waals surface area contributed by atoms with Crippen LogP contribution in [-0.4, -0.2) is 42.8 Å². The number of morpholine rings is 1. The molecule has 0 saturated carbocycles. The van der Waals surface area contributed by atoms with Gasteiger partial charge < -0.3 is 15.0 Å². The summed E-state index contributed by atoms with van der Waals surface area (Å²) in [6.07, 6.45) is 0. The molecule has 1 aromatic rings. The zero-order valence-electron chi connectivity index (χ0n) is 11.4. The van der Waals surface area contributed by atoms with Crippen molar-refractivity contribution >= 4 is 11.8 Å². The molecule has 1 aromatic heterocycles. The van der Waals surface area contributed by atoms with E-state index in [1.807, 2.05) is 13.0 Å². The number of ether oxygens (including phenoxy) is 1. The summed E-state index contributed by atoms with van der Waals surface area (Å²) in [6.45, 7) is 10.6. The first-order valence-electron chi connectivity index (χ1n) is 6.57. The van der Waals surface area contributed by atoms with Crippen LogP contribution in [0.2, 0.25) is 0 Å². The lowest BCUT2D eigenvalue weighted by Crippen LogP contribution is -2.37. The van der Waals surface area contributed by atoms with E-state index in [9.17, 15) is 0 Å². The van der Waals surface area contributed by atoms with Gasteiger partial charge in [-0.25, -0.2) is 4.98 Å². The van der Waals surface area contributed by atoms with Crippen LogP contribution in [0.25, 0.3) is 0 Å². The maximum atomic E-state index is 5.36. The van der Waals surface area contributed by atoms with E-state index in [0.717, 1.165) is 50.3 Å². The van der Waals surface area contributed by atoms with Crippen molar-refractivity contribution < 1.29 is 4.74 Å². The van der Waals surface area contributed by atoms with Crippen LogP contribution in [0.5, 0.6) is 0 Å². The van der Waals surface area contributed by atoms with Crippen molar-refractivity contribution in [2.24, 2.45) is 5.92 Å². The summed E-state index contributed by atoms with van der Waals surface area (Å²) in [5, 5.41) is 3.28. The molecule has 0 spiro atoms. The Morgan fingerprint density at radius 3 is 2.72 bits per heavy atom. The normalized spacial score (nSPS) is 16.1. The Bertz CT molecular complexity index is 389. The zero-order chi connectivity index (χ0) is 13.0. The van der Waals surface area contributed by atoms with E-state index in [0.29, 0.717) is 5.92 Å². The van der Waals surface area contributed by atoms with Crippen LogP contribution in [0.1, 0.15) is 19.5 Å². The molecule has 0 unspecified atom stereocenters. The predicted octanol–water partition coefficient (Wildman–Crippen LogP) is 1.69. The topological polar surface area (TPSA) is 50.3 Å². The minimum Gasteiger partial charge on any atom is -0.378 e. The Balaban J connectivity index is 2.09. The molecule has 5 heteroatoms. The van der Waals surface area contributed by atoms with Gasteiger partial charge in [-0.05, 0) is 12.8 Å². The zero-order valence-corrected chi connectivity index (χ0v) is 11.4. The molecule has 18 heavy (non-hydrogen) atoms. The lowest BCUT2D eigenvalue weighted by atomic mass is 10.2. The Kier molecular flexibility index (Phi) is 4.36. The van der Waals surface area contributed by atoms with Crippen LogP contribution in [0, 0.1) is 12.8 Å². The molecule has 0 radical (unpaired) electrons. The van der Waals surface area contributed by atoms with Crippen molar-refractivity contribution in [3.05, 3.63) is 11.8 Å². The highest BCUT2D eigenvalue weighted by Crippen LogP contribution is 2.16. The molecule has 1 aliphatic heterocycles. The second-order valence-electron chi connectivity index (χ2n) is 5.07. The second kappa shape index (κ2) is 6.00.